The zero-order valence-electron chi connectivity index (χ0n) is 8.36. The maximum absolute atomic E-state index is 11.1. The Morgan fingerprint density at radius 1 is 1.43 bits per heavy atom. The van der Waals surface area contributed by atoms with Gasteiger partial charge in [-0.05, 0) is 24.1 Å². The van der Waals surface area contributed by atoms with Crippen molar-refractivity contribution in [2.45, 2.75) is 13.3 Å². The third kappa shape index (κ3) is 2.76. The summed E-state index contributed by atoms with van der Waals surface area (Å²) in [6.45, 7) is 1.82. The van der Waals surface area contributed by atoms with Crippen molar-refractivity contribution in [3.8, 4) is 5.75 Å². The highest BCUT2D eigenvalue weighted by Gasteiger charge is 2.13. The van der Waals surface area contributed by atoms with Gasteiger partial charge in [0.2, 0.25) is 0 Å². The number of rotatable bonds is 3. The molecule has 0 aliphatic carbocycles. The quantitative estimate of drug-likeness (QED) is 0.745. The van der Waals surface area contributed by atoms with Crippen LogP contribution in [0.5, 0.6) is 5.75 Å². The van der Waals surface area contributed by atoms with Crippen LogP contribution in [-0.2, 0) is 16.0 Å². The van der Waals surface area contributed by atoms with Crippen LogP contribution in [0.25, 0.3) is 0 Å². The Bertz CT molecular complexity index is 303. The number of phenolic OH excluding ortho intramolecular Hbond substituents is 1. The molecule has 0 spiro atoms. The zero-order valence-corrected chi connectivity index (χ0v) is 8.36. The first-order chi connectivity index (χ1) is 6.63. The third-order valence-corrected chi connectivity index (χ3v) is 2.08. The molecule has 1 aromatic rings. The molecule has 1 aromatic carbocycles. The van der Waals surface area contributed by atoms with E-state index in [0.29, 0.717) is 6.42 Å². The third-order valence-electron chi connectivity index (χ3n) is 2.08. The van der Waals surface area contributed by atoms with Gasteiger partial charge in [-0.15, -0.1) is 0 Å². The van der Waals surface area contributed by atoms with Gasteiger partial charge in [0, 0.05) is 0 Å². The number of hydrogen-bond acceptors (Lipinski definition) is 3. The highest BCUT2D eigenvalue weighted by atomic mass is 16.5. The molecule has 0 fully saturated rings. The number of ether oxygens (including phenoxy) is 1. The highest BCUT2D eigenvalue weighted by molar-refractivity contribution is 5.72. The van der Waals surface area contributed by atoms with E-state index >= 15 is 0 Å². The Labute approximate surface area is 83.3 Å². The van der Waals surface area contributed by atoms with Crippen molar-refractivity contribution in [3.63, 3.8) is 0 Å². The molecular weight excluding hydrogens is 180 g/mol. The number of carbonyl (C=O) groups is 1. The summed E-state index contributed by atoms with van der Waals surface area (Å²) in [5, 5.41) is 9.05. The summed E-state index contributed by atoms with van der Waals surface area (Å²) >= 11 is 0. The predicted octanol–water partition coefficient (Wildman–Crippen LogP) is 1.74. The minimum Gasteiger partial charge on any atom is -0.508 e. The Morgan fingerprint density at radius 3 is 2.50 bits per heavy atom. The molecule has 0 aliphatic heterocycles. The number of phenols is 1. The number of methoxy groups -OCH3 is 1. The number of benzene rings is 1. The molecule has 0 saturated heterocycles. The van der Waals surface area contributed by atoms with Gasteiger partial charge in [-0.1, -0.05) is 19.1 Å². The summed E-state index contributed by atoms with van der Waals surface area (Å²) in [5.74, 6) is -0.123. The maximum Gasteiger partial charge on any atom is 0.308 e. The van der Waals surface area contributed by atoms with Crippen LogP contribution in [0.4, 0.5) is 0 Å². The van der Waals surface area contributed by atoms with Crippen LogP contribution in [0.1, 0.15) is 12.5 Å². The van der Waals surface area contributed by atoms with E-state index in [4.69, 9.17) is 5.11 Å². The molecule has 0 radical (unpaired) electrons. The molecule has 0 heterocycles. The van der Waals surface area contributed by atoms with Crippen LogP contribution < -0.4 is 0 Å². The molecule has 1 N–H and O–H groups in total. The first-order valence-corrected chi connectivity index (χ1v) is 4.49. The number of carbonyl (C=O) groups excluding carboxylic acids is 1. The molecule has 0 unspecified atom stereocenters. The fraction of sp³-hybridized carbons (Fsp3) is 0.364. The van der Waals surface area contributed by atoms with Crippen LogP contribution in [0.15, 0.2) is 24.3 Å². The Morgan fingerprint density at radius 2 is 2.00 bits per heavy atom. The van der Waals surface area contributed by atoms with E-state index in [-0.39, 0.29) is 17.6 Å². The van der Waals surface area contributed by atoms with Gasteiger partial charge in [-0.25, -0.2) is 0 Å². The molecule has 3 nitrogen and oxygen atoms in total. The summed E-state index contributed by atoms with van der Waals surface area (Å²) in [6, 6.07) is 6.82. The van der Waals surface area contributed by atoms with Crippen molar-refractivity contribution >= 4 is 5.97 Å². The van der Waals surface area contributed by atoms with Gasteiger partial charge in [-0.3, -0.25) is 4.79 Å². The molecule has 76 valence electrons. The zero-order chi connectivity index (χ0) is 10.6. The topological polar surface area (TPSA) is 46.5 Å². The summed E-state index contributed by atoms with van der Waals surface area (Å²) in [4.78, 5) is 11.1. The summed E-state index contributed by atoms with van der Waals surface area (Å²) in [7, 11) is 1.38. The van der Waals surface area contributed by atoms with Gasteiger partial charge in [0.15, 0.2) is 0 Å². The molecule has 0 bridgehead atoms. The average molecular weight is 194 g/mol. The SMILES string of the molecule is COC(=O)[C@H](C)Cc1ccc(O)cc1. The first kappa shape index (κ1) is 10.6. The van der Waals surface area contributed by atoms with Crippen molar-refractivity contribution in [1.29, 1.82) is 0 Å². The molecule has 0 saturated carbocycles. The predicted molar refractivity (Wildman–Crippen MR) is 53.0 cm³/mol. The van der Waals surface area contributed by atoms with Gasteiger partial charge in [0.05, 0.1) is 13.0 Å². The lowest BCUT2D eigenvalue weighted by atomic mass is 10.0. The standard InChI is InChI=1S/C11H14O3/c1-8(11(13)14-2)7-9-3-5-10(12)6-4-9/h3-6,8,12H,7H2,1-2H3/t8-/m1/s1. The largest absolute Gasteiger partial charge is 0.508 e. The normalized spacial score (nSPS) is 12.1. The fourth-order valence-corrected chi connectivity index (χ4v) is 1.27. The second-order valence-electron chi connectivity index (χ2n) is 3.29. The van der Waals surface area contributed by atoms with Gasteiger partial charge in [-0.2, -0.15) is 0 Å². The highest BCUT2D eigenvalue weighted by Crippen LogP contribution is 2.14. The summed E-state index contributed by atoms with van der Waals surface area (Å²) < 4.78 is 4.62. The smallest absolute Gasteiger partial charge is 0.308 e. The van der Waals surface area contributed by atoms with E-state index in [1.807, 2.05) is 6.92 Å². The molecule has 0 aliphatic rings. The number of aromatic hydroxyl groups is 1. The molecule has 1 rings (SSSR count). The van der Waals surface area contributed by atoms with Crippen molar-refractivity contribution in [2.75, 3.05) is 7.11 Å². The van der Waals surface area contributed by atoms with Crippen molar-refractivity contribution in [2.24, 2.45) is 5.92 Å². The Hall–Kier alpha value is -1.51. The van der Waals surface area contributed by atoms with E-state index in [2.05, 4.69) is 4.74 Å². The molecular formula is C11H14O3. The van der Waals surface area contributed by atoms with E-state index < -0.39 is 0 Å². The average Bonchev–Trinajstić information content (AvgIpc) is 2.20. The van der Waals surface area contributed by atoms with Crippen molar-refractivity contribution < 1.29 is 14.6 Å². The molecule has 3 heteroatoms. The van der Waals surface area contributed by atoms with Crippen LogP contribution in [0.2, 0.25) is 0 Å². The van der Waals surface area contributed by atoms with Crippen molar-refractivity contribution in [3.05, 3.63) is 29.8 Å². The number of hydrogen-bond donors (Lipinski definition) is 1. The maximum atomic E-state index is 11.1. The van der Waals surface area contributed by atoms with Crippen LogP contribution in [0.3, 0.4) is 0 Å². The van der Waals surface area contributed by atoms with Gasteiger partial charge >= 0.3 is 5.97 Å². The monoisotopic (exact) mass is 194 g/mol. The Balaban J connectivity index is 2.60. The minimum atomic E-state index is -0.210. The van der Waals surface area contributed by atoms with E-state index in [1.165, 1.54) is 7.11 Å². The van der Waals surface area contributed by atoms with Crippen LogP contribution >= 0.6 is 0 Å². The second kappa shape index (κ2) is 4.65. The van der Waals surface area contributed by atoms with Crippen molar-refractivity contribution in [1.82, 2.24) is 0 Å². The van der Waals surface area contributed by atoms with E-state index in [1.54, 1.807) is 24.3 Å². The number of esters is 1. The van der Waals surface area contributed by atoms with Gasteiger partial charge < -0.3 is 9.84 Å². The van der Waals surface area contributed by atoms with E-state index in [0.717, 1.165) is 5.56 Å². The van der Waals surface area contributed by atoms with Crippen LogP contribution in [-0.4, -0.2) is 18.2 Å². The molecule has 0 aromatic heterocycles. The molecule has 1 atom stereocenters. The molecule has 0 amide bonds. The second-order valence-corrected chi connectivity index (χ2v) is 3.29. The van der Waals surface area contributed by atoms with E-state index in [9.17, 15) is 4.79 Å². The lowest BCUT2D eigenvalue weighted by molar-refractivity contribution is -0.144. The summed E-state index contributed by atoms with van der Waals surface area (Å²) in [6.07, 6.45) is 0.632. The lowest BCUT2D eigenvalue weighted by Gasteiger charge is -2.08. The van der Waals surface area contributed by atoms with Crippen LogP contribution in [0, 0.1) is 5.92 Å². The van der Waals surface area contributed by atoms with Gasteiger partial charge in [0.25, 0.3) is 0 Å². The molecule has 14 heavy (non-hydrogen) atoms. The Kier molecular flexibility index (Phi) is 3.51. The lowest BCUT2D eigenvalue weighted by Crippen LogP contribution is -2.14. The minimum absolute atomic E-state index is 0.149. The first-order valence-electron chi connectivity index (χ1n) is 4.49. The van der Waals surface area contributed by atoms with Gasteiger partial charge in [0.1, 0.15) is 5.75 Å². The summed E-state index contributed by atoms with van der Waals surface area (Å²) in [5.41, 5.74) is 1.01. The fourth-order valence-electron chi connectivity index (χ4n) is 1.27.